The van der Waals surface area contributed by atoms with E-state index in [1.165, 1.54) is 0 Å². The predicted molar refractivity (Wildman–Crippen MR) is 71.9 cm³/mol. The molecule has 1 aromatic carbocycles. The van der Waals surface area contributed by atoms with Crippen molar-refractivity contribution in [2.45, 2.75) is 20.3 Å². The molecular weight excluding hydrogens is 242 g/mol. The fraction of sp³-hybridized carbons (Fsp3) is 0.467. The van der Waals surface area contributed by atoms with E-state index < -0.39 is 11.4 Å². The van der Waals surface area contributed by atoms with Crippen molar-refractivity contribution in [3.63, 3.8) is 0 Å². The van der Waals surface area contributed by atoms with E-state index in [0.717, 1.165) is 0 Å². The highest BCUT2D eigenvalue weighted by Gasteiger charge is 2.48. The maximum atomic E-state index is 12.3. The van der Waals surface area contributed by atoms with Crippen LogP contribution < -0.4 is 0 Å². The van der Waals surface area contributed by atoms with Crippen molar-refractivity contribution in [3.05, 3.63) is 35.9 Å². The van der Waals surface area contributed by atoms with Crippen molar-refractivity contribution >= 4 is 11.9 Å². The van der Waals surface area contributed by atoms with Crippen molar-refractivity contribution in [3.8, 4) is 0 Å². The number of carbonyl (C=O) groups is 2. The molecule has 0 aromatic heterocycles. The van der Waals surface area contributed by atoms with E-state index >= 15 is 0 Å². The van der Waals surface area contributed by atoms with Crippen LogP contribution in [0.15, 0.2) is 30.3 Å². The summed E-state index contributed by atoms with van der Waals surface area (Å²) in [5.41, 5.74) is -0.183. The van der Waals surface area contributed by atoms with Gasteiger partial charge in [-0.2, -0.15) is 0 Å². The number of nitrogens with zero attached hydrogens (tertiary/aromatic N) is 1. The Kier molecular flexibility index (Phi) is 3.60. The summed E-state index contributed by atoms with van der Waals surface area (Å²) in [5.74, 6) is -0.867. The molecule has 4 heteroatoms. The molecule has 1 N–H and O–H groups in total. The summed E-state index contributed by atoms with van der Waals surface area (Å²) >= 11 is 0. The normalized spacial score (nSPS) is 22.8. The van der Waals surface area contributed by atoms with Crippen molar-refractivity contribution in [2.24, 2.45) is 11.3 Å². The van der Waals surface area contributed by atoms with E-state index in [1.54, 1.807) is 17.0 Å². The third-order valence-corrected chi connectivity index (χ3v) is 4.14. The highest BCUT2D eigenvalue weighted by molar-refractivity contribution is 5.95. The number of carboxylic acid groups (broad SMARTS) is 1. The fourth-order valence-electron chi connectivity index (χ4n) is 2.66. The van der Waals surface area contributed by atoms with Gasteiger partial charge in [0.1, 0.15) is 0 Å². The molecule has 1 aromatic rings. The summed E-state index contributed by atoms with van der Waals surface area (Å²) in [7, 11) is 0. The Labute approximate surface area is 113 Å². The third kappa shape index (κ3) is 2.35. The third-order valence-electron chi connectivity index (χ3n) is 4.14. The molecule has 102 valence electrons. The molecule has 19 heavy (non-hydrogen) atoms. The predicted octanol–water partition coefficient (Wildman–Crippen LogP) is 2.26. The average Bonchev–Trinajstić information content (AvgIpc) is 2.85. The van der Waals surface area contributed by atoms with Crippen LogP contribution in [0.25, 0.3) is 0 Å². The molecule has 0 saturated carbocycles. The summed E-state index contributed by atoms with van der Waals surface area (Å²) in [6, 6.07) is 9.01. The number of rotatable bonds is 3. The molecule has 1 aliphatic rings. The van der Waals surface area contributed by atoms with Gasteiger partial charge in [0.25, 0.3) is 5.91 Å². The zero-order valence-corrected chi connectivity index (χ0v) is 11.3. The van der Waals surface area contributed by atoms with Gasteiger partial charge < -0.3 is 10.0 Å². The molecular formula is C15H19NO3. The fourth-order valence-corrected chi connectivity index (χ4v) is 2.66. The molecule has 1 atom stereocenters. The van der Waals surface area contributed by atoms with Crippen LogP contribution in [-0.4, -0.2) is 35.0 Å². The number of hydrogen-bond acceptors (Lipinski definition) is 2. The zero-order valence-electron chi connectivity index (χ0n) is 11.3. The topological polar surface area (TPSA) is 57.6 Å². The van der Waals surface area contributed by atoms with E-state index in [2.05, 4.69) is 0 Å². The molecule has 2 rings (SSSR count). The number of hydrogen-bond donors (Lipinski definition) is 1. The first-order chi connectivity index (χ1) is 8.97. The van der Waals surface area contributed by atoms with Gasteiger partial charge in [0.15, 0.2) is 0 Å². The SMILES string of the molecule is CC(C)C1(C(=O)O)CCN(C(=O)c2ccccc2)C1. The lowest BCUT2D eigenvalue weighted by Crippen LogP contribution is -2.40. The molecule has 4 nitrogen and oxygen atoms in total. The summed E-state index contributed by atoms with van der Waals surface area (Å²) in [4.78, 5) is 25.5. The number of likely N-dealkylation sites (tertiary alicyclic amines) is 1. The Balaban J connectivity index is 2.18. The van der Waals surface area contributed by atoms with Crippen molar-refractivity contribution in [2.75, 3.05) is 13.1 Å². The number of carboxylic acids is 1. The Hall–Kier alpha value is -1.84. The van der Waals surface area contributed by atoms with Crippen molar-refractivity contribution < 1.29 is 14.7 Å². The smallest absolute Gasteiger partial charge is 0.311 e. The number of aliphatic carboxylic acids is 1. The van der Waals surface area contributed by atoms with Gasteiger partial charge >= 0.3 is 5.97 Å². The van der Waals surface area contributed by atoms with Crippen LogP contribution in [0.2, 0.25) is 0 Å². The van der Waals surface area contributed by atoms with Crippen LogP contribution in [0, 0.1) is 11.3 Å². The lowest BCUT2D eigenvalue weighted by atomic mass is 9.76. The minimum atomic E-state index is -0.801. The van der Waals surface area contributed by atoms with Gasteiger partial charge in [0.2, 0.25) is 0 Å². The molecule has 1 unspecified atom stereocenters. The van der Waals surface area contributed by atoms with E-state index in [-0.39, 0.29) is 11.8 Å². The van der Waals surface area contributed by atoms with Crippen molar-refractivity contribution in [1.82, 2.24) is 4.90 Å². The van der Waals surface area contributed by atoms with Crippen LogP contribution in [0.1, 0.15) is 30.6 Å². The van der Waals surface area contributed by atoms with Gasteiger partial charge in [0, 0.05) is 18.7 Å². The molecule has 0 radical (unpaired) electrons. The molecule has 1 amide bonds. The maximum absolute atomic E-state index is 12.3. The lowest BCUT2D eigenvalue weighted by molar-refractivity contribution is -0.150. The first kappa shape index (κ1) is 13.6. The second-order valence-corrected chi connectivity index (χ2v) is 5.46. The highest BCUT2D eigenvalue weighted by Crippen LogP contribution is 2.38. The largest absolute Gasteiger partial charge is 0.481 e. The summed E-state index contributed by atoms with van der Waals surface area (Å²) in [6.07, 6.45) is 0.526. The quantitative estimate of drug-likeness (QED) is 0.908. The molecule has 0 spiro atoms. The Morgan fingerprint density at radius 3 is 2.37 bits per heavy atom. The van der Waals surface area contributed by atoms with E-state index in [9.17, 15) is 14.7 Å². The molecule has 0 bridgehead atoms. The van der Waals surface area contributed by atoms with E-state index in [1.807, 2.05) is 32.0 Å². The van der Waals surface area contributed by atoms with Crippen LogP contribution in [0.3, 0.4) is 0 Å². The van der Waals surface area contributed by atoms with E-state index in [0.29, 0.717) is 25.1 Å². The molecule has 1 saturated heterocycles. The molecule has 1 fully saturated rings. The summed E-state index contributed by atoms with van der Waals surface area (Å²) < 4.78 is 0. The van der Waals surface area contributed by atoms with Gasteiger partial charge in [-0.1, -0.05) is 32.0 Å². The monoisotopic (exact) mass is 261 g/mol. The van der Waals surface area contributed by atoms with E-state index in [4.69, 9.17) is 0 Å². The Bertz CT molecular complexity index is 483. The van der Waals surface area contributed by atoms with Gasteiger partial charge in [-0.25, -0.2) is 0 Å². The molecule has 1 heterocycles. The van der Waals surface area contributed by atoms with Crippen LogP contribution in [0.4, 0.5) is 0 Å². The van der Waals surface area contributed by atoms with Gasteiger partial charge in [-0.15, -0.1) is 0 Å². The average molecular weight is 261 g/mol. The second-order valence-electron chi connectivity index (χ2n) is 5.46. The summed E-state index contributed by atoms with van der Waals surface area (Å²) in [5, 5.41) is 9.47. The Morgan fingerprint density at radius 1 is 1.26 bits per heavy atom. The van der Waals surface area contributed by atoms with Gasteiger partial charge in [-0.05, 0) is 24.5 Å². The van der Waals surface area contributed by atoms with Crippen LogP contribution in [0.5, 0.6) is 0 Å². The van der Waals surface area contributed by atoms with Crippen molar-refractivity contribution in [1.29, 1.82) is 0 Å². The maximum Gasteiger partial charge on any atom is 0.311 e. The van der Waals surface area contributed by atoms with Crippen LogP contribution in [-0.2, 0) is 4.79 Å². The minimum absolute atomic E-state index is 0.0126. The number of benzene rings is 1. The highest BCUT2D eigenvalue weighted by atomic mass is 16.4. The van der Waals surface area contributed by atoms with Crippen LogP contribution >= 0.6 is 0 Å². The molecule has 0 aliphatic carbocycles. The second kappa shape index (κ2) is 5.03. The summed E-state index contributed by atoms with van der Waals surface area (Å²) in [6.45, 7) is 4.63. The molecule has 1 aliphatic heterocycles. The Morgan fingerprint density at radius 2 is 1.89 bits per heavy atom. The number of carbonyl (C=O) groups excluding carboxylic acids is 1. The lowest BCUT2D eigenvalue weighted by Gasteiger charge is -2.28. The first-order valence-corrected chi connectivity index (χ1v) is 6.55. The standard InChI is InChI=1S/C15H19NO3/c1-11(2)15(14(18)19)8-9-16(10-15)13(17)12-6-4-3-5-7-12/h3-7,11H,8-10H2,1-2H3,(H,18,19). The zero-order chi connectivity index (χ0) is 14.0. The van der Waals surface area contributed by atoms with Gasteiger partial charge in [0.05, 0.1) is 5.41 Å². The minimum Gasteiger partial charge on any atom is -0.481 e. The first-order valence-electron chi connectivity index (χ1n) is 6.55. The van der Waals surface area contributed by atoms with Gasteiger partial charge in [-0.3, -0.25) is 9.59 Å². The number of amides is 1.